The van der Waals surface area contributed by atoms with Gasteiger partial charge in [-0.25, -0.2) is 0 Å². The van der Waals surface area contributed by atoms with E-state index in [9.17, 15) is 5.11 Å². The standard InChI is InChI=1S/C21H17NO2/c1-24-21-14-17(11-12-20(21)22)19-8-3-2-6-16(19)10-9-15-5-4-7-18(23)13-15/h2-8,11-14,23H,22H2,1H3. The molecule has 24 heavy (non-hydrogen) atoms. The van der Waals surface area contributed by atoms with Gasteiger partial charge in [0.2, 0.25) is 0 Å². The summed E-state index contributed by atoms with van der Waals surface area (Å²) in [7, 11) is 1.60. The Kier molecular flexibility index (Phi) is 4.40. The maximum absolute atomic E-state index is 9.53. The molecule has 0 bridgehead atoms. The van der Waals surface area contributed by atoms with Crippen LogP contribution in [-0.4, -0.2) is 12.2 Å². The summed E-state index contributed by atoms with van der Waals surface area (Å²) >= 11 is 0. The molecule has 3 nitrogen and oxygen atoms in total. The number of phenolic OH excluding ortho intramolecular Hbond substituents is 1. The average Bonchev–Trinajstić information content (AvgIpc) is 2.61. The second kappa shape index (κ2) is 6.80. The number of aromatic hydroxyl groups is 1. The smallest absolute Gasteiger partial charge is 0.142 e. The molecule has 0 aliphatic rings. The van der Waals surface area contributed by atoms with Crippen LogP contribution in [0.25, 0.3) is 11.1 Å². The molecule has 118 valence electrons. The number of nitrogens with two attached hydrogens (primary N) is 1. The fraction of sp³-hybridized carbons (Fsp3) is 0.0476. The maximum Gasteiger partial charge on any atom is 0.142 e. The van der Waals surface area contributed by atoms with Gasteiger partial charge in [0.15, 0.2) is 0 Å². The van der Waals surface area contributed by atoms with Gasteiger partial charge in [-0.05, 0) is 47.5 Å². The SMILES string of the molecule is COc1cc(-c2ccccc2C#Cc2cccc(O)c2)ccc1N. The first-order chi connectivity index (χ1) is 11.7. The highest BCUT2D eigenvalue weighted by Gasteiger charge is 2.06. The molecule has 0 spiro atoms. The van der Waals surface area contributed by atoms with E-state index in [0.29, 0.717) is 11.4 Å². The number of rotatable bonds is 2. The highest BCUT2D eigenvalue weighted by Crippen LogP contribution is 2.30. The van der Waals surface area contributed by atoms with Gasteiger partial charge < -0.3 is 15.6 Å². The Morgan fingerprint density at radius 1 is 0.917 bits per heavy atom. The molecule has 0 fully saturated rings. The first kappa shape index (κ1) is 15.5. The third-order valence-electron chi connectivity index (χ3n) is 3.66. The van der Waals surface area contributed by atoms with E-state index < -0.39 is 0 Å². The lowest BCUT2D eigenvalue weighted by molar-refractivity contribution is 0.417. The molecule has 3 aromatic carbocycles. The van der Waals surface area contributed by atoms with Crippen LogP contribution in [0, 0.1) is 11.8 Å². The third-order valence-corrected chi connectivity index (χ3v) is 3.66. The van der Waals surface area contributed by atoms with Crippen molar-refractivity contribution in [3.63, 3.8) is 0 Å². The van der Waals surface area contributed by atoms with Crippen LogP contribution in [0.2, 0.25) is 0 Å². The van der Waals surface area contributed by atoms with E-state index in [1.54, 1.807) is 25.3 Å². The van der Waals surface area contributed by atoms with Crippen molar-refractivity contribution in [1.29, 1.82) is 0 Å². The predicted octanol–water partition coefficient (Wildman–Crippen LogP) is 4.05. The van der Waals surface area contributed by atoms with Crippen molar-refractivity contribution in [3.05, 3.63) is 77.9 Å². The Bertz CT molecular complexity index is 936. The van der Waals surface area contributed by atoms with E-state index in [1.807, 2.05) is 48.5 Å². The van der Waals surface area contributed by atoms with Crippen molar-refractivity contribution in [3.8, 4) is 34.5 Å². The van der Waals surface area contributed by atoms with E-state index in [2.05, 4.69) is 11.8 Å². The molecule has 0 aliphatic carbocycles. The molecule has 3 rings (SSSR count). The number of ether oxygens (including phenoxy) is 1. The van der Waals surface area contributed by atoms with Crippen LogP contribution in [0.5, 0.6) is 11.5 Å². The summed E-state index contributed by atoms with van der Waals surface area (Å²) in [6.45, 7) is 0. The molecule has 3 N–H and O–H groups in total. The Morgan fingerprint density at radius 3 is 2.54 bits per heavy atom. The minimum absolute atomic E-state index is 0.207. The molecule has 3 heteroatoms. The zero-order valence-corrected chi connectivity index (χ0v) is 13.3. The second-order valence-electron chi connectivity index (χ2n) is 5.30. The molecule has 0 aromatic heterocycles. The fourth-order valence-corrected chi connectivity index (χ4v) is 2.45. The van der Waals surface area contributed by atoms with E-state index in [-0.39, 0.29) is 5.75 Å². The summed E-state index contributed by atoms with van der Waals surface area (Å²) in [5.74, 6) is 7.11. The van der Waals surface area contributed by atoms with Gasteiger partial charge in [-0.2, -0.15) is 0 Å². The lowest BCUT2D eigenvalue weighted by atomic mass is 9.99. The van der Waals surface area contributed by atoms with Gasteiger partial charge in [0.25, 0.3) is 0 Å². The summed E-state index contributed by atoms with van der Waals surface area (Å²) in [5.41, 5.74) is 10.1. The molecule has 0 unspecified atom stereocenters. The number of methoxy groups -OCH3 is 1. The van der Waals surface area contributed by atoms with Gasteiger partial charge in [0, 0.05) is 11.1 Å². The quantitative estimate of drug-likeness (QED) is 0.554. The monoisotopic (exact) mass is 315 g/mol. The van der Waals surface area contributed by atoms with Crippen LogP contribution >= 0.6 is 0 Å². The molecule has 0 aliphatic heterocycles. The maximum atomic E-state index is 9.53. The Morgan fingerprint density at radius 2 is 1.75 bits per heavy atom. The van der Waals surface area contributed by atoms with Crippen molar-refractivity contribution in [2.75, 3.05) is 12.8 Å². The molecule has 0 saturated heterocycles. The minimum atomic E-state index is 0.207. The van der Waals surface area contributed by atoms with Crippen molar-refractivity contribution in [1.82, 2.24) is 0 Å². The van der Waals surface area contributed by atoms with Crippen LogP contribution in [0.3, 0.4) is 0 Å². The summed E-state index contributed by atoms with van der Waals surface area (Å²) in [5, 5.41) is 9.53. The van der Waals surface area contributed by atoms with E-state index in [1.165, 1.54) is 0 Å². The number of anilines is 1. The normalized spacial score (nSPS) is 9.88. The largest absolute Gasteiger partial charge is 0.508 e. The molecule has 0 atom stereocenters. The molecule has 3 aromatic rings. The summed E-state index contributed by atoms with van der Waals surface area (Å²) < 4.78 is 5.30. The number of nitrogen functional groups attached to an aromatic ring is 1. The summed E-state index contributed by atoms with van der Waals surface area (Å²) in [6.07, 6.45) is 0. The van der Waals surface area contributed by atoms with Crippen LogP contribution in [0.4, 0.5) is 5.69 Å². The van der Waals surface area contributed by atoms with E-state index >= 15 is 0 Å². The summed E-state index contributed by atoms with van der Waals surface area (Å²) in [6, 6.07) is 20.5. The van der Waals surface area contributed by atoms with Crippen molar-refractivity contribution in [2.45, 2.75) is 0 Å². The Balaban J connectivity index is 2.03. The van der Waals surface area contributed by atoms with Crippen LogP contribution in [-0.2, 0) is 0 Å². The molecular formula is C21H17NO2. The minimum Gasteiger partial charge on any atom is -0.508 e. The molecule has 0 saturated carbocycles. The third kappa shape index (κ3) is 3.34. The van der Waals surface area contributed by atoms with Crippen LogP contribution < -0.4 is 10.5 Å². The molecule has 0 radical (unpaired) electrons. The van der Waals surface area contributed by atoms with E-state index in [4.69, 9.17) is 10.5 Å². The zero-order valence-electron chi connectivity index (χ0n) is 13.3. The number of hydrogen-bond donors (Lipinski definition) is 2. The van der Waals surface area contributed by atoms with Crippen molar-refractivity contribution < 1.29 is 9.84 Å². The van der Waals surface area contributed by atoms with Crippen molar-refractivity contribution >= 4 is 5.69 Å². The summed E-state index contributed by atoms with van der Waals surface area (Å²) in [4.78, 5) is 0. The number of benzene rings is 3. The average molecular weight is 315 g/mol. The van der Waals surface area contributed by atoms with Gasteiger partial charge in [-0.15, -0.1) is 0 Å². The van der Waals surface area contributed by atoms with E-state index in [0.717, 1.165) is 22.3 Å². The van der Waals surface area contributed by atoms with Crippen LogP contribution in [0.1, 0.15) is 11.1 Å². The molecule has 0 amide bonds. The van der Waals surface area contributed by atoms with Gasteiger partial charge in [-0.3, -0.25) is 0 Å². The van der Waals surface area contributed by atoms with Crippen LogP contribution in [0.15, 0.2) is 66.7 Å². The lowest BCUT2D eigenvalue weighted by Crippen LogP contribution is -1.93. The lowest BCUT2D eigenvalue weighted by Gasteiger charge is -2.09. The topological polar surface area (TPSA) is 55.5 Å². The fourth-order valence-electron chi connectivity index (χ4n) is 2.45. The first-order valence-electron chi connectivity index (χ1n) is 7.51. The van der Waals surface area contributed by atoms with Gasteiger partial charge >= 0.3 is 0 Å². The second-order valence-corrected chi connectivity index (χ2v) is 5.30. The number of phenols is 1. The van der Waals surface area contributed by atoms with Gasteiger partial charge in [-0.1, -0.05) is 42.2 Å². The zero-order chi connectivity index (χ0) is 16.9. The first-order valence-corrected chi connectivity index (χ1v) is 7.51. The molecular weight excluding hydrogens is 298 g/mol. The number of hydrogen-bond acceptors (Lipinski definition) is 3. The Labute approximate surface area is 141 Å². The van der Waals surface area contributed by atoms with Crippen molar-refractivity contribution in [2.24, 2.45) is 0 Å². The van der Waals surface area contributed by atoms with Gasteiger partial charge in [0.1, 0.15) is 11.5 Å². The predicted molar refractivity (Wildman–Crippen MR) is 96.9 cm³/mol. The highest BCUT2D eigenvalue weighted by molar-refractivity contribution is 5.75. The van der Waals surface area contributed by atoms with Gasteiger partial charge in [0.05, 0.1) is 12.8 Å². The highest BCUT2D eigenvalue weighted by atomic mass is 16.5. The molecule has 0 heterocycles. The Hall–Kier alpha value is -3.38.